The lowest BCUT2D eigenvalue weighted by Crippen LogP contribution is -2.42. The SMILES string of the molecule is CN(C1=NC(c2ccc(F)cc2)=CSC1)c1cnc2ccc(C3CCN(CC(=O)N4CCCC4)CC3)cn12. The molecule has 1 aromatic carbocycles. The maximum Gasteiger partial charge on any atom is 0.236 e. The average Bonchev–Trinajstić information content (AvgIpc) is 3.64. The van der Waals surface area contributed by atoms with E-state index in [1.54, 1.807) is 23.9 Å². The van der Waals surface area contributed by atoms with Crippen LogP contribution in [0.4, 0.5) is 10.2 Å². The number of thioether (sulfide) groups is 1. The van der Waals surface area contributed by atoms with Crippen molar-refractivity contribution in [3.63, 3.8) is 0 Å². The zero-order valence-electron chi connectivity index (χ0n) is 21.7. The number of aromatic nitrogens is 2. The summed E-state index contributed by atoms with van der Waals surface area (Å²) in [5.41, 5.74) is 3.95. The van der Waals surface area contributed by atoms with Gasteiger partial charge < -0.3 is 9.80 Å². The summed E-state index contributed by atoms with van der Waals surface area (Å²) < 4.78 is 15.5. The van der Waals surface area contributed by atoms with Gasteiger partial charge in [-0.15, -0.1) is 11.8 Å². The summed E-state index contributed by atoms with van der Waals surface area (Å²) in [5.74, 6) is 3.16. The molecule has 9 heteroatoms. The molecule has 0 radical (unpaired) electrons. The highest BCUT2D eigenvalue weighted by molar-refractivity contribution is 8.03. The van der Waals surface area contributed by atoms with E-state index in [-0.39, 0.29) is 11.7 Å². The van der Waals surface area contributed by atoms with Crippen molar-refractivity contribution in [3.05, 3.63) is 71.1 Å². The molecule has 5 heterocycles. The highest BCUT2D eigenvalue weighted by atomic mass is 32.2. The molecular formula is C29H33FN6OS. The molecule has 0 bridgehead atoms. The molecule has 198 valence electrons. The van der Waals surface area contributed by atoms with Crippen LogP contribution in [0.3, 0.4) is 0 Å². The van der Waals surface area contributed by atoms with Crippen LogP contribution in [0, 0.1) is 5.82 Å². The molecule has 2 saturated heterocycles. The number of fused-ring (bicyclic) bond motifs is 1. The van der Waals surface area contributed by atoms with Gasteiger partial charge in [0, 0.05) is 31.9 Å². The number of hydrogen-bond donors (Lipinski definition) is 0. The minimum absolute atomic E-state index is 0.248. The lowest BCUT2D eigenvalue weighted by Gasteiger charge is -2.32. The third kappa shape index (κ3) is 5.22. The predicted molar refractivity (Wildman–Crippen MR) is 152 cm³/mol. The maximum atomic E-state index is 13.4. The Bertz CT molecular complexity index is 1370. The smallest absolute Gasteiger partial charge is 0.236 e. The van der Waals surface area contributed by atoms with Crippen LogP contribution < -0.4 is 4.90 Å². The fourth-order valence-electron chi connectivity index (χ4n) is 5.61. The molecule has 7 nitrogen and oxygen atoms in total. The Balaban J connectivity index is 1.15. The number of rotatable bonds is 5. The van der Waals surface area contributed by atoms with Crippen molar-refractivity contribution < 1.29 is 9.18 Å². The van der Waals surface area contributed by atoms with Crippen molar-refractivity contribution in [2.45, 2.75) is 31.6 Å². The third-order valence-corrected chi connectivity index (χ3v) is 8.73. The Labute approximate surface area is 227 Å². The van der Waals surface area contributed by atoms with Gasteiger partial charge in [-0.25, -0.2) is 14.4 Å². The highest BCUT2D eigenvalue weighted by Gasteiger charge is 2.26. The van der Waals surface area contributed by atoms with Gasteiger partial charge in [0.25, 0.3) is 0 Å². The lowest BCUT2D eigenvalue weighted by atomic mass is 9.90. The number of likely N-dealkylation sites (tertiary alicyclic amines) is 2. The van der Waals surface area contributed by atoms with Crippen LogP contribution in [0.2, 0.25) is 0 Å². The molecule has 0 atom stereocenters. The third-order valence-electron chi connectivity index (χ3n) is 7.91. The number of amides is 1. The number of carbonyl (C=O) groups excluding carboxylic acids is 1. The van der Waals surface area contributed by atoms with Crippen LogP contribution in [0.1, 0.15) is 42.7 Å². The summed E-state index contributed by atoms with van der Waals surface area (Å²) in [5, 5.41) is 2.03. The van der Waals surface area contributed by atoms with Crippen LogP contribution in [-0.2, 0) is 4.79 Å². The first kappa shape index (κ1) is 25.1. The quantitative estimate of drug-likeness (QED) is 0.470. The number of pyridine rings is 1. The van der Waals surface area contributed by atoms with Gasteiger partial charge in [-0.2, -0.15) is 0 Å². The molecule has 2 fully saturated rings. The van der Waals surface area contributed by atoms with Gasteiger partial charge in [-0.1, -0.05) is 6.07 Å². The molecule has 6 rings (SSSR count). The largest absolute Gasteiger partial charge is 0.342 e. The Morgan fingerprint density at radius 2 is 1.84 bits per heavy atom. The zero-order chi connectivity index (χ0) is 26.1. The van der Waals surface area contributed by atoms with E-state index in [0.29, 0.717) is 12.5 Å². The Morgan fingerprint density at radius 3 is 2.61 bits per heavy atom. The van der Waals surface area contributed by atoms with Crippen LogP contribution in [0.25, 0.3) is 11.3 Å². The first-order valence-corrected chi connectivity index (χ1v) is 14.5. The van der Waals surface area contributed by atoms with Gasteiger partial charge >= 0.3 is 0 Å². The van der Waals surface area contributed by atoms with Crippen molar-refractivity contribution in [2.24, 2.45) is 4.99 Å². The van der Waals surface area contributed by atoms with Crippen molar-refractivity contribution in [1.29, 1.82) is 0 Å². The van der Waals surface area contributed by atoms with E-state index < -0.39 is 0 Å². The number of benzene rings is 1. The van der Waals surface area contributed by atoms with Gasteiger partial charge in [-0.05, 0) is 86.0 Å². The monoisotopic (exact) mass is 532 g/mol. The minimum atomic E-state index is -0.248. The molecule has 0 saturated carbocycles. The predicted octanol–water partition coefficient (Wildman–Crippen LogP) is 4.86. The van der Waals surface area contributed by atoms with Crippen molar-refractivity contribution in [2.75, 3.05) is 50.4 Å². The molecule has 2 aromatic heterocycles. The van der Waals surface area contributed by atoms with E-state index in [2.05, 4.69) is 37.5 Å². The fourth-order valence-corrected chi connectivity index (χ4v) is 6.44. The number of nitrogens with zero attached hydrogens (tertiary/aromatic N) is 6. The number of piperidine rings is 1. The number of halogens is 1. The van der Waals surface area contributed by atoms with E-state index in [9.17, 15) is 9.18 Å². The summed E-state index contributed by atoms with van der Waals surface area (Å²) in [6.07, 6.45) is 8.49. The average molecular weight is 533 g/mol. The van der Waals surface area contributed by atoms with Crippen molar-refractivity contribution in [3.8, 4) is 0 Å². The second-order valence-corrected chi connectivity index (χ2v) is 11.2. The van der Waals surface area contributed by atoms with Crippen LogP contribution in [0.15, 0.2) is 59.2 Å². The maximum absolute atomic E-state index is 13.4. The van der Waals surface area contributed by atoms with Gasteiger partial charge in [0.1, 0.15) is 23.1 Å². The number of amidine groups is 1. The number of imidazole rings is 1. The standard InChI is InChI=1S/C29H33FN6OS/c1-33(27-20-38-19-25(32-27)22-4-7-24(30)8-5-22)28-16-31-26-9-6-23(17-36(26)28)21-10-14-34(15-11-21)18-29(37)35-12-2-3-13-35/h4-9,16-17,19,21H,2-3,10-15,18,20H2,1H3. The second-order valence-electron chi connectivity index (χ2n) is 10.4. The summed E-state index contributed by atoms with van der Waals surface area (Å²) in [7, 11) is 2.03. The summed E-state index contributed by atoms with van der Waals surface area (Å²) in [6, 6.07) is 10.8. The first-order chi connectivity index (χ1) is 18.5. The van der Waals surface area contributed by atoms with E-state index in [4.69, 9.17) is 4.99 Å². The molecule has 38 heavy (non-hydrogen) atoms. The fraction of sp³-hybridized carbons (Fsp3) is 0.414. The number of aliphatic imine (C=N–C) groups is 1. The Kier molecular flexibility index (Phi) is 7.21. The molecule has 0 aliphatic carbocycles. The van der Waals surface area contributed by atoms with Crippen molar-refractivity contribution >= 4 is 40.7 Å². The number of anilines is 1. The summed E-state index contributed by atoms with van der Waals surface area (Å²) in [6.45, 7) is 4.30. The molecular weight excluding hydrogens is 499 g/mol. The highest BCUT2D eigenvalue weighted by Crippen LogP contribution is 2.31. The molecule has 3 aliphatic heterocycles. The van der Waals surface area contributed by atoms with E-state index in [1.807, 2.05) is 23.6 Å². The van der Waals surface area contributed by atoms with Crippen LogP contribution >= 0.6 is 11.8 Å². The van der Waals surface area contributed by atoms with Gasteiger partial charge in [0.2, 0.25) is 5.91 Å². The molecule has 3 aliphatic rings. The molecule has 0 N–H and O–H groups in total. The van der Waals surface area contributed by atoms with Gasteiger partial charge in [0.05, 0.1) is 24.2 Å². The molecule has 1 amide bonds. The Hall–Kier alpha value is -3.17. The van der Waals surface area contributed by atoms with Gasteiger partial charge in [0.15, 0.2) is 0 Å². The van der Waals surface area contributed by atoms with Crippen molar-refractivity contribution in [1.82, 2.24) is 19.2 Å². The minimum Gasteiger partial charge on any atom is -0.342 e. The van der Waals surface area contributed by atoms with E-state index in [0.717, 1.165) is 86.2 Å². The van der Waals surface area contributed by atoms with E-state index in [1.165, 1.54) is 17.7 Å². The normalized spacial score (nSPS) is 19.1. The Morgan fingerprint density at radius 1 is 1.08 bits per heavy atom. The second kappa shape index (κ2) is 10.9. The van der Waals surface area contributed by atoms with Gasteiger partial charge in [-0.3, -0.25) is 14.1 Å². The number of hydrogen-bond acceptors (Lipinski definition) is 6. The summed E-state index contributed by atoms with van der Waals surface area (Å²) >= 11 is 1.69. The topological polar surface area (TPSA) is 56.5 Å². The van der Waals surface area contributed by atoms with Crippen LogP contribution in [0.5, 0.6) is 0 Å². The van der Waals surface area contributed by atoms with Crippen LogP contribution in [-0.4, -0.2) is 76.5 Å². The lowest BCUT2D eigenvalue weighted by molar-refractivity contribution is -0.131. The zero-order valence-corrected chi connectivity index (χ0v) is 22.5. The van der Waals surface area contributed by atoms with E-state index >= 15 is 0 Å². The molecule has 0 spiro atoms. The number of carbonyl (C=O) groups is 1. The summed E-state index contributed by atoms with van der Waals surface area (Å²) in [4.78, 5) is 28.5. The molecule has 3 aromatic rings. The molecule has 0 unspecified atom stereocenters. The first-order valence-electron chi connectivity index (χ1n) is 13.4.